The van der Waals surface area contributed by atoms with Gasteiger partial charge in [0, 0.05) is 17.7 Å². The molecule has 0 bridgehead atoms. The molecule has 0 radical (unpaired) electrons. The van der Waals surface area contributed by atoms with E-state index in [1.807, 2.05) is 6.92 Å². The van der Waals surface area contributed by atoms with Gasteiger partial charge in [-0.2, -0.15) is 0 Å². The summed E-state index contributed by atoms with van der Waals surface area (Å²) in [6.45, 7) is 1.84. The normalized spacial score (nSPS) is 24.1. The minimum Gasteiger partial charge on any atom is -0.488 e. The Morgan fingerprint density at radius 2 is 2.29 bits per heavy atom. The molecule has 0 aromatic heterocycles. The van der Waals surface area contributed by atoms with Crippen LogP contribution in [0.1, 0.15) is 18.5 Å². The quantitative estimate of drug-likeness (QED) is 0.541. The topological polar surface area (TPSA) is 78.4 Å². The molecule has 1 aromatic carbocycles. The van der Waals surface area contributed by atoms with Crippen molar-refractivity contribution in [3.8, 4) is 5.75 Å². The van der Waals surface area contributed by atoms with Gasteiger partial charge in [0.05, 0.1) is 11.0 Å². The van der Waals surface area contributed by atoms with Crippen LogP contribution in [0, 0.1) is 10.1 Å². The van der Waals surface area contributed by atoms with E-state index < -0.39 is 4.92 Å². The number of fused-ring (bicyclic) bond motifs is 1. The third-order valence-electron chi connectivity index (χ3n) is 2.38. The zero-order valence-electron chi connectivity index (χ0n) is 7.64. The predicted molar refractivity (Wildman–Crippen MR) is 50.1 cm³/mol. The van der Waals surface area contributed by atoms with Crippen molar-refractivity contribution in [3.63, 3.8) is 0 Å². The Morgan fingerprint density at radius 3 is 2.93 bits per heavy atom. The Hall–Kier alpha value is -1.62. The summed E-state index contributed by atoms with van der Waals surface area (Å²) in [6.07, 6.45) is -0.119. The molecule has 0 spiro atoms. The molecule has 0 fully saturated rings. The summed E-state index contributed by atoms with van der Waals surface area (Å²) < 4.78 is 5.41. The Balaban J connectivity index is 2.46. The van der Waals surface area contributed by atoms with Crippen LogP contribution in [-0.4, -0.2) is 11.0 Å². The minimum atomic E-state index is -0.435. The van der Waals surface area contributed by atoms with Crippen LogP contribution < -0.4 is 10.5 Å². The molecular formula is C9H10N2O3. The van der Waals surface area contributed by atoms with Crippen molar-refractivity contribution >= 4 is 5.69 Å². The molecule has 1 aromatic rings. The lowest BCUT2D eigenvalue weighted by Crippen LogP contribution is -2.21. The number of ether oxygens (including phenoxy) is 1. The standard InChI is InChI=1S/C9H10N2O3/c1-5-9(10)7-4-6(11(12)13)2-3-8(7)14-5/h2-5,9H,10H2,1H3. The maximum Gasteiger partial charge on any atom is 0.270 e. The lowest BCUT2D eigenvalue weighted by Gasteiger charge is -2.07. The number of hydrogen-bond acceptors (Lipinski definition) is 4. The van der Waals surface area contributed by atoms with Gasteiger partial charge >= 0.3 is 0 Å². The Labute approximate surface area is 80.6 Å². The number of nitro groups is 1. The molecule has 0 amide bonds. The zero-order valence-corrected chi connectivity index (χ0v) is 7.64. The zero-order chi connectivity index (χ0) is 10.3. The fourth-order valence-corrected chi connectivity index (χ4v) is 1.54. The fraction of sp³-hybridized carbons (Fsp3) is 0.333. The third-order valence-corrected chi connectivity index (χ3v) is 2.38. The summed E-state index contributed by atoms with van der Waals surface area (Å²) in [4.78, 5) is 10.1. The van der Waals surface area contributed by atoms with E-state index in [1.54, 1.807) is 6.07 Å². The Bertz CT molecular complexity index is 392. The second kappa shape index (κ2) is 2.95. The van der Waals surface area contributed by atoms with Crippen molar-refractivity contribution < 1.29 is 9.66 Å². The van der Waals surface area contributed by atoms with Crippen molar-refractivity contribution in [2.24, 2.45) is 5.73 Å². The van der Waals surface area contributed by atoms with Gasteiger partial charge in [-0.1, -0.05) is 0 Å². The molecule has 5 nitrogen and oxygen atoms in total. The van der Waals surface area contributed by atoms with E-state index in [2.05, 4.69) is 0 Å². The van der Waals surface area contributed by atoms with Crippen LogP contribution in [0.4, 0.5) is 5.69 Å². The first-order valence-corrected chi connectivity index (χ1v) is 4.30. The number of non-ortho nitro benzene ring substituents is 1. The van der Waals surface area contributed by atoms with E-state index in [0.717, 1.165) is 0 Å². The fourth-order valence-electron chi connectivity index (χ4n) is 1.54. The van der Waals surface area contributed by atoms with E-state index in [1.165, 1.54) is 12.1 Å². The lowest BCUT2D eigenvalue weighted by atomic mass is 10.1. The molecule has 2 atom stereocenters. The van der Waals surface area contributed by atoms with E-state index in [4.69, 9.17) is 10.5 Å². The van der Waals surface area contributed by atoms with Gasteiger partial charge in [-0.05, 0) is 13.0 Å². The number of benzene rings is 1. The average molecular weight is 194 g/mol. The summed E-state index contributed by atoms with van der Waals surface area (Å²) in [5.74, 6) is 0.649. The molecule has 0 aliphatic carbocycles. The molecule has 2 N–H and O–H groups in total. The average Bonchev–Trinajstić information content (AvgIpc) is 2.43. The van der Waals surface area contributed by atoms with E-state index in [9.17, 15) is 10.1 Å². The van der Waals surface area contributed by atoms with Crippen LogP contribution in [0.15, 0.2) is 18.2 Å². The van der Waals surface area contributed by atoms with Crippen molar-refractivity contribution in [1.29, 1.82) is 0 Å². The highest BCUT2D eigenvalue weighted by Gasteiger charge is 2.29. The smallest absolute Gasteiger partial charge is 0.270 e. The van der Waals surface area contributed by atoms with Crippen LogP contribution in [0.5, 0.6) is 5.75 Å². The summed E-state index contributed by atoms with van der Waals surface area (Å²) in [6, 6.07) is 4.22. The van der Waals surface area contributed by atoms with Crippen molar-refractivity contribution in [2.75, 3.05) is 0 Å². The minimum absolute atomic E-state index is 0.0527. The van der Waals surface area contributed by atoms with Gasteiger partial charge in [-0.15, -0.1) is 0 Å². The monoisotopic (exact) mass is 194 g/mol. The van der Waals surface area contributed by atoms with E-state index >= 15 is 0 Å². The maximum absolute atomic E-state index is 10.5. The highest BCUT2D eigenvalue weighted by Crippen LogP contribution is 2.36. The van der Waals surface area contributed by atoms with Gasteiger partial charge in [0.1, 0.15) is 11.9 Å². The predicted octanol–water partition coefficient (Wildman–Crippen LogP) is 1.38. The Morgan fingerprint density at radius 1 is 1.57 bits per heavy atom. The van der Waals surface area contributed by atoms with Gasteiger partial charge in [0.25, 0.3) is 5.69 Å². The second-order valence-corrected chi connectivity index (χ2v) is 3.33. The molecule has 2 rings (SSSR count). The van der Waals surface area contributed by atoms with E-state index in [0.29, 0.717) is 11.3 Å². The van der Waals surface area contributed by atoms with Gasteiger partial charge < -0.3 is 10.5 Å². The van der Waals surface area contributed by atoms with Crippen LogP contribution in [0.25, 0.3) is 0 Å². The first-order chi connectivity index (χ1) is 6.59. The van der Waals surface area contributed by atoms with Gasteiger partial charge in [0.2, 0.25) is 0 Å². The van der Waals surface area contributed by atoms with Crippen LogP contribution in [-0.2, 0) is 0 Å². The number of rotatable bonds is 1. The number of nitrogens with two attached hydrogens (primary N) is 1. The maximum atomic E-state index is 10.5. The molecule has 0 saturated carbocycles. The summed E-state index contributed by atoms with van der Waals surface area (Å²) in [7, 11) is 0. The summed E-state index contributed by atoms with van der Waals surface area (Å²) in [5, 5.41) is 10.5. The molecule has 1 aliphatic rings. The highest BCUT2D eigenvalue weighted by atomic mass is 16.6. The first-order valence-electron chi connectivity index (χ1n) is 4.30. The summed E-state index contributed by atoms with van der Waals surface area (Å²) >= 11 is 0. The summed E-state index contributed by atoms with van der Waals surface area (Å²) in [5.41, 5.74) is 6.58. The Kier molecular flexibility index (Phi) is 1.89. The second-order valence-electron chi connectivity index (χ2n) is 3.33. The van der Waals surface area contributed by atoms with E-state index in [-0.39, 0.29) is 17.8 Å². The van der Waals surface area contributed by atoms with Crippen molar-refractivity contribution in [3.05, 3.63) is 33.9 Å². The lowest BCUT2D eigenvalue weighted by molar-refractivity contribution is -0.384. The molecule has 5 heteroatoms. The molecule has 2 unspecified atom stereocenters. The van der Waals surface area contributed by atoms with Gasteiger partial charge in [-0.3, -0.25) is 10.1 Å². The molecule has 74 valence electrons. The number of nitro benzene ring substituents is 1. The molecule has 1 heterocycles. The van der Waals surface area contributed by atoms with Crippen LogP contribution >= 0.6 is 0 Å². The molecular weight excluding hydrogens is 184 g/mol. The SMILES string of the molecule is CC1Oc2ccc([N+](=O)[O-])cc2C1N. The molecule has 1 aliphatic heterocycles. The van der Waals surface area contributed by atoms with Crippen molar-refractivity contribution in [2.45, 2.75) is 19.1 Å². The number of hydrogen-bond donors (Lipinski definition) is 1. The molecule has 0 saturated heterocycles. The van der Waals surface area contributed by atoms with Gasteiger partial charge in [-0.25, -0.2) is 0 Å². The van der Waals surface area contributed by atoms with Gasteiger partial charge in [0.15, 0.2) is 0 Å². The first kappa shape index (κ1) is 8.96. The van der Waals surface area contributed by atoms with Crippen molar-refractivity contribution in [1.82, 2.24) is 0 Å². The largest absolute Gasteiger partial charge is 0.488 e. The van der Waals surface area contributed by atoms with Crippen LogP contribution in [0.3, 0.4) is 0 Å². The van der Waals surface area contributed by atoms with Crippen LogP contribution in [0.2, 0.25) is 0 Å². The highest BCUT2D eigenvalue weighted by molar-refractivity contribution is 5.48. The number of nitrogens with zero attached hydrogens (tertiary/aromatic N) is 1. The third kappa shape index (κ3) is 1.22. The molecule has 14 heavy (non-hydrogen) atoms.